The van der Waals surface area contributed by atoms with Crippen LogP contribution in [-0.2, 0) is 22.4 Å². The lowest BCUT2D eigenvalue weighted by atomic mass is 10.0. The average Bonchev–Trinajstić information content (AvgIpc) is 3.31. The Balaban J connectivity index is 1.79. The third-order valence-electron chi connectivity index (χ3n) is 5.66. The predicted molar refractivity (Wildman–Crippen MR) is 134 cm³/mol. The van der Waals surface area contributed by atoms with Gasteiger partial charge in [-0.15, -0.1) is 10.2 Å². The minimum Gasteiger partial charge on any atom is -0.463 e. The maximum atomic E-state index is 12.5. The van der Waals surface area contributed by atoms with Crippen molar-refractivity contribution in [1.29, 1.82) is 0 Å². The normalized spacial score (nSPS) is 13.4. The van der Waals surface area contributed by atoms with E-state index in [9.17, 15) is 9.59 Å². The van der Waals surface area contributed by atoms with Gasteiger partial charge >= 0.3 is 12.0 Å². The number of nitrogens with one attached hydrogen (secondary N) is 2. The first-order chi connectivity index (χ1) is 17.1. The highest BCUT2D eigenvalue weighted by atomic mass is 32.2. The molecule has 0 unspecified atom stereocenters. The minimum absolute atomic E-state index is 0.118. The number of aryl methyl sites for hydroxylation is 2. The van der Waals surface area contributed by atoms with Crippen molar-refractivity contribution in [1.82, 2.24) is 30.4 Å². The molecule has 0 bridgehead atoms. The summed E-state index contributed by atoms with van der Waals surface area (Å²) in [4.78, 5) is 28.7. The van der Waals surface area contributed by atoms with Gasteiger partial charge < -0.3 is 15.4 Å². The highest BCUT2D eigenvalue weighted by Gasteiger charge is 2.26. The zero-order valence-electron chi connectivity index (χ0n) is 20.0. The standard InChI is InChI=1S/C25H28N6O3S/c1-4-16-9-7-10-17(5-2)21(16)31-22(18-11-8-12-26-13-18)29-30-25(31)35-15-20-19(23(32)34-6-3)14-27-24(33)28-20/h7-13H,4-6,14-15H2,1-3H3,(H2,27,28,33). The molecule has 0 aliphatic carbocycles. The Kier molecular flexibility index (Phi) is 7.81. The number of nitrogens with zero attached hydrogens (tertiary/aromatic N) is 4. The van der Waals surface area contributed by atoms with E-state index in [-0.39, 0.29) is 19.2 Å². The molecule has 9 nitrogen and oxygen atoms in total. The number of esters is 1. The van der Waals surface area contributed by atoms with Crippen LogP contribution < -0.4 is 10.6 Å². The molecule has 4 rings (SSSR count). The Morgan fingerprint density at radius 1 is 1.11 bits per heavy atom. The summed E-state index contributed by atoms with van der Waals surface area (Å²) in [5.74, 6) is 0.561. The van der Waals surface area contributed by atoms with E-state index in [1.165, 1.54) is 22.9 Å². The van der Waals surface area contributed by atoms with Crippen LogP contribution in [0, 0.1) is 0 Å². The van der Waals surface area contributed by atoms with E-state index in [0.717, 1.165) is 24.1 Å². The largest absolute Gasteiger partial charge is 0.463 e. The van der Waals surface area contributed by atoms with E-state index in [2.05, 4.69) is 62.4 Å². The molecular weight excluding hydrogens is 464 g/mol. The fourth-order valence-corrected chi connectivity index (χ4v) is 4.88. The number of thioether (sulfide) groups is 1. The van der Waals surface area contributed by atoms with E-state index < -0.39 is 5.97 Å². The van der Waals surface area contributed by atoms with Gasteiger partial charge in [0, 0.05) is 29.4 Å². The fraction of sp³-hybridized carbons (Fsp3) is 0.320. The summed E-state index contributed by atoms with van der Waals surface area (Å²) in [6.45, 7) is 6.38. The van der Waals surface area contributed by atoms with Crippen molar-refractivity contribution in [2.75, 3.05) is 18.9 Å². The van der Waals surface area contributed by atoms with E-state index in [1.54, 1.807) is 19.3 Å². The number of pyridine rings is 1. The molecule has 0 radical (unpaired) electrons. The van der Waals surface area contributed by atoms with Crippen LogP contribution >= 0.6 is 11.8 Å². The number of carbonyl (C=O) groups excluding carboxylic acids is 2. The number of aromatic nitrogens is 4. The molecule has 2 aromatic heterocycles. The third-order valence-corrected chi connectivity index (χ3v) is 6.62. The Morgan fingerprint density at radius 3 is 2.54 bits per heavy atom. The number of benzene rings is 1. The first-order valence-corrected chi connectivity index (χ1v) is 12.6. The van der Waals surface area contributed by atoms with Crippen LogP contribution in [0.15, 0.2) is 59.2 Å². The molecule has 0 atom stereocenters. The van der Waals surface area contributed by atoms with Gasteiger partial charge in [-0.25, -0.2) is 9.59 Å². The molecule has 182 valence electrons. The second-order valence-electron chi connectivity index (χ2n) is 7.79. The summed E-state index contributed by atoms with van der Waals surface area (Å²) in [5.41, 5.74) is 5.17. The number of para-hydroxylation sites is 1. The number of hydrogen-bond donors (Lipinski definition) is 2. The average molecular weight is 493 g/mol. The summed E-state index contributed by atoms with van der Waals surface area (Å²) in [5, 5.41) is 15.1. The SMILES string of the molecule is CCOC(=O)C1=C(CSc2nnc(-c3cccnc3)n2-c2c(CC)cccc2CC)NC(=O)NC1. The van der Waals surface area contributed by atoms with Crippen molar-refractivity contribution in [2.24, 2.45) is 0 Å². The van der Waals surface area contributed by atoms with E-state index >= 15 is 0 Å². The summed E-state index contributed by atoms with van der Waals surface area (Å²) < 4.78 is 7.24. The van der Waals surface area contributed by atoms with Gasteiger partial charge in [0.2, 0.25) is 0 Å². The smallest absolute Gasteiger partial charge is 0.337 e. The van der Waals surface area contributed by atoms with Crippen molar-refractivity contribution in [3.05, 3.63) is 65.1 Å². The number of carbonyl (C=O) groups is 2. The van der Waals surface area contributed by atoms with Gasteiger partial charge in [-0.3, -0.25) is 9.55 Å². The summed E-state index contributed by atoms with van der Waals surface area (Å²) in [6.07, 6.45) is 5.18. The van der Waals surface area contributed by atoms with Crippen molar-refractivity contribution >= 4 is 23.8 Å². The van der Waals surface area contributed by atoms with Crippen molar-refractivity contribution < 1.29 is 14.3 Å². The molecule has 0 fully saturated rings. The molecule has 0 saturated carbocycles. The van der Waals surface area contributed by atoms with Gasteiger partial charge in [-0.1, -0.05) is 43.8 Å². The van der Waals surface area contributed by atoms with Crippen LogP contribution in [0.5, 0.6) is 0 Å². The van der Waals surface area contributed by atoms with Crippen LogP contribution in [-0.4, -0.2) is 50.7 Å². The lowest BCUT2D eigenvalue weighted by Crippen LogP contribution is -2.44. The van der Waals surface area contributed by atoms with Gasteiger partial charge in [-0.2, -0.15) is 0 Å². The first kappa shape index (κ1) is 24.5. The maximum absolute atomic E-state index is 12.5. The Morgan fingerprint density at radius 2 is 1.89 bits per heavy atom. The van der Waals surface area contributed by atoms with Gasteiger partial charge in [0.25, 0.3) is 0 Å². The van der Waals surface area contributed by atoms with E-state index in [4.69, 9.17) is 4.74 Å². The molecule has 1 aromatic carbocycles. The van der Waals surface area contributed by atoms with Crippen LogP contribution in [0.4, 0.5) is 4.79 Å². The van der Waals surface area contributed by atoms with Gasteiger partial charge in [0.15, 0.2) is 11.0 Å². The molecule has 0 saturated heterocycles. The van der Waals surface area contributed by atoms with Crippen LogP contribution in [0.25, 0.3) is 17.1 Å². The minimum atomic E-state index is -0.447. The van der Waals surface area contributed by atoms with E-state index in [1.807, 2.05) is 12.1 Å². The summed E-state index contributed by atoms with van der Waals surface area (Å²) >= 11 is 1.40. The zero-order chi connectivity index (χ0) is 24.8. The molecule has 2 N–H and O–H groups in total. The van der Waals surface area contributed by atoms with Crippen molar-refractivity contribution in [3.63, 3.8) is 0 Å². The van der Waals surface area contributed by atoms with Crippen molar-refractivity contribution in [3.8, 4) is 17.1 Å². The number of hydrogen-bond acceptors (Lipinski definition) is 7. The number of urea groups is 1. The predicted octanol–water partition coefficient (Wildman–Crippen LogP) is 3.68. The topological polar surface area (TPSA) is 111 Å². The first-order valence-electron chi connectivity index (χ1n) is 11.6. The van der Waals surface area contributed by atoms with Gasteiger partial charge in [0.1, 0.15) is 0 Å². The Bertz CT molecular complexity index is 1230. The van der Waals surface area contributed by atoms with E-state index in [0.29, 0.717) is 28.0 Å². The van der Waals surface area contributed by atoms with Crippen molar-refractivity contribution in [2.45, 2.75) is 38.8 Å². The Labute approximate surface area is 208 Å². The molecule has 3 heterocycles. The zero-order valence-corrected chi connectivity index (χ0v) is 20.8. The maximum Gasteiger partial charge on any atom is 0.337 e. The van der Waals surface area contributed by atoms with Gasteiger partial charge in [0.05, 0.1) is 24.4 Å². The second-order valence-corrected chi connectivity index (χ2v) is 8.73. The lowest BCUT2D eigenvalue weighted by molar-refractivity contribution is -0.138. The summed E-state index contributed by atoms with van der Waals surface area (Å²) in [6, 6.07) is 9.78. The monoisotopic (exact) mass is 492 g/mol. The highest BCUT2D eigenvalue weighted by molar-refractivity contribution is 7.99. The lowest BCUT2D eigenvalue weighted by Gasteiger charge is -2.21. The van der Waals surface area contributed by atoms with Crippen LogP contribution in [0.2, 0.25) is 0 Å². The number of amides is 2. The quantitative estimate of drug-likeness (QED) is 0.346. The molecule has 35 heavy (non-hydrogen) atoms. The number of rotatable bonds is 9. The molecule has 1 aliphatic heterocycles. The third kappa shape index (κ3) is 5.22. The summed E-state index contributed by atoms with van der Waals surface area (Å²) in [7, 11) is 0. The van der Waals surface area contributed by atoms with Crippen LogP contribution in [0.1, 0.15) is 31.9 Å². The Hall–Kier alpha value is -3.66. The molecule has 1 aliphatic rings. The molecule has 0 spiro atoms. The van der Waals surface area contributed by atoms with Gasteiger partial charge in [-0.05, 0) is 43.0 Å². The molecular formula is C25H28N6O3S. The molecule has 10 heteroatoms. The molecule has 3 aromatic rings. The number of ether oxygens (including phenoxy) is 1. The van der Waals surface area contributed by atoms with Crippen LogP contribution in [0.3, 0.4) is 0 Å². The second kappa shape index (κ2) is 11.2. The molecule has 2 amide bonds. The highest BCUT2D eigenvalue weighted by Crippen LogP contribution is 2.33. The fourth-order valence-electron chi connectivity index (χ4n) is 3.95.